The second kappa shape index (κ2) is 6.73. The Kier molecular flexibility index (Phi) is 4.48. The summed E-state index contributed by atoms with van der Waals surface area (Å²) >= 11 is 0. The predicted octanol–water partition coefficient (Wildman–Crippen LogP) is 3.15. The summed E-state index contributed by atoms with van der Waals surface area (Å²) < 4.78 is 1.74. The van der Waals surface area contributed by atoms with Crippen molar-refractivity contribution in [3.05, 3.63) is 76.1 Å². The van der Waals surface area contributed by atoms with Crippen molar-refractivity contribution < 1.29 is 9.59 Å². The van der Waals surface area contributed by atoms with Crippen LogP contribution in [0.4, 0.5) is 5.69 Å². The van der Waals surface area contributed by atoms with Crippen LogP contribution in [-0.2, 0) is 11.3 Å². The molecule has 5 nitrogen and oxygen atoms in total. The zero-order chi connectivity index (χ0) is 18.0. The molecule has 3 aromatic rings. The van der Waals surface area contributed by atoms with Crippen LogP contribution in [0.1, 0.15) is 22.8 Å². The number of fused-ring (bicyclic) bond motifs is 1. The molecule has 2 aromatic carbocycles. The van der Waals surface area contributed by atoms with Crippen molar-refractivity contribution in [1.29, 1.82) is 0 Å². The molecule has 1 amide bonds. The standard InChI is InChI=1S/C20H18N2O3/c1-13-6-7-18-17(10-13)19(24)8-9-22(18)12-20(25)21-16-5-3-4-15(11-16)14(2)23/h3-11H,12H2,1-2H3,(H,21,25). The van der Waals surface area contributed by atoms with Gasteiger partial charge in [0, 0.05) is 28.9 Å². The lowest BCUT2D eigenvalue weighted by molar-refractivity contribution is -0.116. The van der Waals surface area contributed by atoms with Crippen molar-refractivity contribution in [2.75, 3.05) is 5.32 Å². The summed E-state index contributed by atoms with van der Waals surface area (Å²) in [6.07, 6.45) is 1.62. The first-order chi connectivity index (χ1) is 11.9. The molecule has 0 saturated carbocycles. The Morgan fingerprint density at radius 3 is 2.64 bits per heavy atom. The molecule has 0 radical (unpaired) electrons. The van der Waals surface area contributed by atoms with E-state index in [1.54, 1.807) is 35.0 Å². The van der Waals surface area contributed by atoms with E-state index in [-0.39, 0.29) is 23.7 Å². The maximum absolute atomic E-state index is 12.4. The molecule has 0 aliphatic rings. The number of pyridine rings is 1. The molecule has 0 spiro atoms. The number of nitrogens with one attached hydrogen (secondary N) is 1. The quantitative estimate of drug-likeness (QED) is 0.745. The van der Waals surface area contributed by atoms with E-state index >= 15 is 0 Å². The highest BCUT2D eigenvalue weighted by Crippen LogP contribution is 2.14. The van der Waals surface area contributed by atoms with Crippen molar-refractivity contribution in [1.82, 2.24) is 4.57 Å². The minimum absolute atomic E-state index is 0.0575. The lowest BCUT2D eigenvalue weighted by Crippen LogP contribution is -2.20. The highest BCUT2D eigenvalue weighted by molar-refractivity contribution is 5.97. The van der Waals surface area contributed by atoms with Crippen LogP contribution in [0.5, 0.6) is 0 Å². The van der Waals surface area contributed by atoms with Gasteiger partial charge in [-0.2, -0.15) is 0 Å². The van der Waals surface area contributed by atoms with Gasteiger partial charge < -0.3 is 9.88 Å². The molecule has 0 atom stereocenters. The summed E-state index contributed by atoms with van der Waals surface area (Å²) in [5.41, 5.74) is 2.75. The Balaban J connectivity index is 1.85. The van der Waals surface area contributed by atoms with E-state index in [1.165, 1.54) is 13.0 Å². The number of carbonyl (C=O) groups is 2. The van der Waals surface area contributed by atoms with Gasteiger partial charge in [-0.3, -0.25) is 14.4 Å². The zero-order valence-corrected chi connectivity index (χ0v) is 14.1. The van der Waals surface area contributed by atoms with Gasteiger partial charge in [-0.15, -0.1) is 0 Å². The number of nitrogens with zero attached hydrogens (tertiary/aromatic N) is 1. The van der Waals surface area contributed by atoms with E-state index in [0.29, 0.717) is 22.2 Å². The molecule has 126 valence electrons. The molecule has 5 heteroatoms. The number of rotatable bonds is 4. The normalized spacial score (nSPS) is 10.6. The largest absolute Gasteiger partial charge is 0.338 e. The summed E-state index contributed by atoms with van der Waals surface area (Å²) in [7, 11) is 0. The van der Waals surface area contributed by atoms with Crippen LogP contribution in [0.3, 0.4) is 0 Å². The molecule has 0 saturated heterocycles. The molecule has 1 N–H and O–H groups in total. The average molecular weight is 334 g/mol. The first-order valence-electron chi connectivity index (χ1n) is 7.95. The summed E-state index contributed by atoms with van der Waals surface area (Å²) in [6, 6.07) is 13.8. The molecule has 0 aliphatic heterocycles. The maximum Gasteiger partial charge on any atom is 0.244 e. The van der Waals surface area contributed by atoms with E-state index in [4.69, 9.17) is 0 Å². The second-order valence-corrected chi connectivity index (χ2v) is 6.01. The highest BCUT2D eigenvalue weighted by Gasteiger charge is 2.09. The molecular formula is C20H18N2O3. The third-order valence-electron chi connectivity index (χ3n) is 4.00. The number of Topliss-reactive ketones (excluding diaryl/α,β-unsaturated/α-hetero) is 1. The Morgan fingerprint density at radius 1 is 1.08 bits per heavy atom. The highest BCUT2D eigenvalue weighted by atomic mass is 16.2. The fourth-order valence-electron chi connectivity index (χ4n) is 2.73. The summed E-state index contributed by atoms with van der Waals surface area (Å²) in [4.78, 5) is 35.8. The van der Waals surface area contributed by atoms with Crippen molar-refractivity contribution >= 4 is 28.3 Å². The molecule has 1 aromatic heterocycles. The van der Waals surface area contributed by atoms with Crippen molar-refractivity contribution in [3.8, 4) is 0 Å². The number of benzene rings is 2. The number of anilines is 1. The van der Waals surface area contributed by atoms with Crippen molar-refractivity contribution in [3.63, 3.8) is 0 Å². The van der Waals surface area contributed by atoms with Crippen LogP contribution in [0.25, 0.3) is 10.9 Å². The third-order valence-corrected chi connectivity index (χ3v) is 4.00. The molecule has 0 aliphatic carbocycles. The van der Waals surface area contributed by atoms with Crippen LogP contribution < -0.4 is 10.7 Å². The fourth-order valence-corrected chi connectivity index (χ4v) is 2.73. The zero-order valence-electron chi connectivity index (χ0n) is 14.1. The molecule has 0 unspecified atom stereocenters. The van der Waals surface area contributed by atoms with Crippen molar-refractivity contribution in [2.24, 2.45) is 0 Å². The van der Waals surface area contributed by atoms with Crippen LogP contribution in [0, 0.1) is 6.92 Å². The topological polar surface area (TPSA) is 68.2 Å². The Labute approximate surface area is 144 Å². The number of aryl methyl sites for hydroxylation is 1. The van der Waals surface area contributed by atoms with Gasteiger partial charge in [-0.05, 0) is 38.1 Å². The lowest BCUT2D eigenvalue weighted by atomic mass is 10.1. The predicted molar refractivity (Wildman–Crippen MR) is 98.0 cm³/mol. The number of hydrogen-bond donors (Lipinski definition) is 1. The Morgan fingerprint density at radius 2 is 1.88 bits per heavy atom. The van der Waals surface area contributed by atoms with E-state index in [2.05, 4.69) is 5.32 Å². The molecule has 1 heterocycles. The Hall–Kier alpha value is -3.21. The monoisotopic (exact) mass is 334 g/mol. The number of hydrogen-bond acceptors (Lipinski definition) is 3. The van der Waals surface area contributed by atoms with E-state index in [9.17, 15) is 14.4 Å². The molecule has 0 fully saturated rings. The first-order valence-corrected chi connectivity index (χ1v) is 7.95. The molecular weight excluding hydrogens is 316 g/mol. The summed E-state index contributed by atoms with van der Waals surface area (Å²) in [6.45, 7) is 3.48. The maximum atomic E-state index is 12.4. The van der Waals surface area contributed by atoms with Gasteiger partial charge in [0.1, 0.15) is 6.54 Å². The van der Waals surface area contributed by atoms with Gasteiger partial charge in [-0.1, -0.05) is 23.8 Å². The first kappa shape index (κ1) is 16.6. The minimum Gasteiger partial charge on any atom is -0.338 e. The number of carbonyl (C=O) groups excluding carboxylic acids is 2. The fraction of sp³-hybridized carbons (Fsp3) is 0.150. The number of amides is 1. The smallest absolute Gasteiger partial charge is 0.244 e. The summed E-state index contributed by atoms with van der Waals surface area (Å²) in [5.74, 6) is -0.288. The minimum atomic E-state index is -0.230. The van der Waals surface area contributed by atoms with Gasteiger partial charge in [-0.25, -0.2) is 0 Å². The van der Waals surface area contributed by atoms with Crippen LogP contribution >= 0.6 is 0 Å². The van der Waals surface area contributed by atoms with Gasteiger partial charge >= 0.3 is 0 Å². The average Bonchev–Trinajstić information content (AvgIpc) is 2.58. The number of aromatic nitrogens is 1. The van der Waals surface area contributed by atoms with Crippen LogP contribution in [0.15, 0.2) is 59.5 Å². The number of ketones is 1. The third kappa shape index (κ3) is 3.66. The van der Waals surface area contributed by atoms with Gasteiger partial charge in [0.25, 0.3) is 0 Å². The molecule has 0 bridgehead atoms. The van der Waals surface area contributed by atoms with E-state index in [0.717, 1.165) is 5.56 Å². The van der Waals surface area contributed by atoms with Crippen LogP contribution in [0.2, 0.25) is 0 Å². The van der Waals surface area contributed by atoms with Gasteiger partial charge in [0.05, 0.1) is 5.52 Å². The van der Waals surface area contributed by atoms with Crippen LogP contribution in [-0.4, -0.2) is 16.3 Å². The molecule has 25 heavy (non-hydrogen) atoms. The molecule has 3 rings (SSSR count). The van der Waals surface area contributed by atoms with E-state index in [1.807, 2.05) is 25.1 Å². The second-order valence-electron chi connectivity index (χ2n) is 6.01. The van der Waals surface area contributed by atoms with Gasteiger partial charge in [0.15, 0.2) is 11.2 Å². The van der Waals surface area contributed by atoms with Gasteiger partial charge in [0.2, 0.25) is 5.91 Å². The summed E-state index contributed by atoms with van der Waals surface area (Å²) in [5, 5.41) is 3.38. The SMILES string of the molecule is CC(=O)c1cccc(NC(=O)Cn2ccc(=O)c3cc(C)ccc32)c1. The van der Waals surface area contributed by atoms with Crippen molar-refractivity contribution in [2.45, 2.75) is 20.4 Å². The lowest BCUT2D eigenvalue weighted by Gasteiger charge is -2.12. The van der Waals surface area contributed by atoms with E-state index < -0.39 is 0 Å². The Bertz CT molecular complexity index is 1030.